The standard InChI is InChI=1S/C6H8.HNO.Ni/c1-6-4-2-3-5-6;1-2;/h2-6H,1H3;1H;. The maximum Gasteiger partial charge on any atom is 0 e. The molecule has 0 amide bonds. The van der Waals surface area contributed by atoms with E-state index in [4.69, 9.17) is 4.91 Å². The molecule has 2 nitrogen and oxygen atoms in total. The van der Waals surface area contributed by atoms with E-state index in [2.05, 4.69) is 36.8 Å². The van der Waals surface area contributed by atoms with Crippen molar-refractivity contribution in [3.05, 3.63) is 29.2 Å². The maximum atomic E-state index is 7.50. The zero-order valence-corrected chi connectivity index (χ0v) is 6.10. The molecule has 0 aromatic carbocycles. The summed E-state index contributed by atoms with van der Waals surface area (Å²) in [5, 5.41) is 0. The van der Waals surface area contributed by atoms with E-state index in [1.807, 2.05) is 0 Å². The van der Waals surface area contributed by atoms with Crippen molar-refractivity contribution in [2.24, 2.45) is 5.92 Å². The van der Waals surface area contributed by atoms with Gasteiger partial charge in [0.05, 0.1) is 0 Å². The van der Waals surface area contributed by atoms with Gasteiger partial charge in [-0.1, -0.05) is 36.8 Å². The molecule has 0 radical (unpaired) electrons. The molecule has 0 saturated carbocycles. The molecule has 54 valence electrons. The minimum atomic E-state index is 0. The Kier molecular flexibility index (Phi) is 9.58. The number of hydrogen-bond donors (Lipinski definition) is 1. The van der Waals surface area contributed by atoms with Gasteiger partial charge in [0, 0.05) is 16.5 Å². The quantitative estimate of drug-likeness (QED) is 0.438. The minimum Gasteiger partial charge on any atom is -0.154 e. The Bertz CT molecular complexity index is 99.6. The summed E-state index contributed by atoms with van der Waals surface area (Å²) in [5.41, 5.74) is 4.50. The molecule has 1 aliphatic rings. The van der Waals surface area contributed by atoms with Crippen molar-refractivity contribution in [3.63, 3.8) is 0 Å². The van der Waals surface area contributed by atoms with E-state index in [1.54, 1.807) is 0 Å². The molecular formula is C6H9NNiO. The normalized spacial score (nSPS) is 13.9. The molecule has 1 N–H and O–H groups in total. The van der Waals surface area contributed by atoms with Crippen molar-refractivity contribution >= 4 is 0 Å². The number of nitrogens with one attached hydrogen (secondary N) is 1. The molecule has 0 aromatic heterocycles. The Morgan fingerprint density at radius 2 is 1.56 bits per heavy atom. The summed E-state index contributed by atoms with van der Waals surface area (Å²) in [5.74, 6) is 0.685. The predicted molar refractivity (Wildman–Crippen MR) is 33.5 cm³/mol. The molecule has 1 rings (SSSR count). The van der Waals surface area contributed by atoms with Crippen LogP contribution in [0.15, 0.2) is 24.3 Å². The maximum absolute atomic E-state index is 7.50. The zero-order chi connectivity index (χ0) is 6.41. The summed E-state index contributed by atoms with van der Waals surface area (Å²) in [6.45, 7) is 2.17. The fourth-order valence-electron chi connectivity index (χ4n) is 0.543. The summed E-state index contributed by atoms with van der Waals surface area (Å²) >= 11 is 0. The fraction of sp³-hybridized carbons (Fsp3) is 0.333. The van der Waals surface area contributed by atoms with Crippen LogP contribution in [-0.2, 0) is 16.5 Å². The van der Waals surface area contributed by atoms with E-state index in [0.717, 1.165) is 0 Å². The Hall–Kier alpha value is -0.426. The molecule has 1 aliphatic carbocycles. The summed E-state index contributed by atoms with van der Waals surface area (Å²) in [6.07, 6.45) is 8.48. The molecule has 0 fully saturated rings. The van der Waals surface area contributed by atoms with Crippen LogP contribution in [0.4, 0.5) is 0 Å². The van der Waals surface area contributed by atoms with E-state index in [-0.39, 0.29) is 16.5 Å². The molecule has 0 saturated heterocycles. The van der Waals surface area contributed by atoms with Crippen LogP contribution in [0.5, 0.6) is 0 Å². The van der Waals surface area contributed by atoms with Gasteiger partial charge in [-0.15, -0.1) is 0 Å². The van der Waals surface area contributed by atoms with Gasteiger partial charge in [-0.2, -0.15) is 4.91 Å². The minimum absolute atomic E-state index is 0. The third-order valence-electron chi connectivity index (χ3n) is 0.940. The molecule has 9 heavy (non-hydrogen) atoms. The van der Waals surface area contributed by atoms with Gasteiger partial charge in [0.2, 0.25) is 0 Å². The summed E-state index contributed by atoms with van der Waals surface area (Å²) < 4.78 is 0. The molecule has 0 unspecified atom stereocenters. The number of allylic oxidation sites excluding steroid dienone is 4. The fourth-order valence-corrected chi connectivity index (χ4v) is 0.543. The van der Waals surface area contributed by atoms with E-state index in [0.29, 0.717) is 5.92 Å². The first kappa shape index (κ1) is 11.4. The predicted octanol–water partition coefficient (Wildman–Crippen LogP) is 2.08. The van der Waals surface area contributed by atoms with Gasteiger partial charge in [0.15, 0.2) is 0 Å². The van der Waals surface area contributed by atoms with Gasteiger partial charge in [0.25, 0.3) is 0 Å². The van der Waals surface area contributed by atoms with Crippen LogP contribution in [0.25, 0.3) is 0 Å². The van der Waals surface area contributed by atoms with Crippen LogP contribution in [0.1, 0.15) is 6.92 Å². The Morgan fingerprint density at radius 3 is 1.67 bits per heavy atom. The largest absolute Gasteiger partial charge is 0.154 e. The van der Waals surface area contributed by atoms with Gasteiger partial charge < -0.3 is 0 Å². The average molecular weight is 170 g/mol. The van der Waals surface area contributed by atoms with Gasteiger partial charge in [-0.25, -0.2) is 0 Å². The molecule has 0 aliphatic heterocycles. The monoisotopic (exact) mass is 169 g/mol. The Balaban J connectivity index is 0. The third-order valence-corrected chi connectivity index (χ3v) is 0.940. The first-order valence-electron chi connectivity index (χ1n) is 2.45. The average Bonchev–Trinajstić information content (AvgIpc) is 2.24. The van der Waals surface area contributed by atoms with Crippen molar-refractivity contribution < 1.29 is 16.5 Å². The molecular weight excluding hydrogens is 161 g/mol. The van der Waals surface area contributed by atoms with E-state index in [9.17, 15) is 0 Å². The van der Waals surface area contributed by atoms with E-state index < -0.39 is 0 Å². The molecule has 3 heteroatoms. The molecule has 0 aromatic rings. The molecule has 0 spiro atoms. The van der Waals surface area contributed by atoms with E-state index in [1.165, 1.54) is 0 Å². The third kappa shape index (κ3) is 5.44. The van der Waals surface area contributed by atoms with Crippen LogP contribution in [0, 0.1) is 16.4 Å². The van der Waals surface area contributed by atoms with Crippen LogP contribution < -0.4 is 0 Å². The molecule has 0 bridgehead atoms. The topological polar surface area (TPSA) is 40.9 Å². The second-order valence-corrected chi connectivity index (χ2v) is 1.63. The van der Waals surface area contributed by atoms with Crippen molar-refractivity contribution in [2.75, 3.05) is 0 Å². The molecule has 0 heterocycles. The second-order valence-electron chi connectivity index (χ2n) is 1.63. The first-order chi connectivity index (χ1) is 3.89. The summed E-state index contributed by atoms with van der Waals surface area (Å²) in [4.78, 5) is 7.50. The van der Waals surface area contributed by atoms with Gasteiger partial charge in [0.1, 0.15) is 0 Å². The van der Waals surface area contributed by atoms with Crippen LogP contribution in [0.2, 0.25) is 0 Å². The Morgan fingerprint density at radius 1 is 1.22 bits per heavy atom. The zero-order valence-electron chi connectivity index (χ0n) is 5.11. The van der Waals surface area contributed by atoms with E-state index >= 15 is 0 Å². The summed E-state index contributed by atoms with van der Waals surface area (Å²) in [7, 11) is 0. The van der Waals surface area contributed by atoms with Gasteiger partial charge in [-0.05, 0) is 5.92 Å². The van der Waals surface area contributed by atoms with Crippen LogP contribution >= 0.6 is 0 Å². The van der Waals surface area contributed by atoms with Gasteiger partial charge in [-0.3, -0.25) is 0 Å². The molecule has 0 atom stereocenters. The first-order valence-corrected chi connectivity index (χ1v) is 2.45. The van der Waals surface area contributed by atoms with Crippen molar-refractivity contribution in [3.8, 4) is 0 Å². The SMILES string of the molecule is CC1C=CC=C1.N=O.[Ni]. The van der Waals surface area contributed by atoms with Crippen LogP contribution in [-0.4, -0.2) is 0 Å². The second kappa shape index (κ2) is 7.57. The number of nitroso groups, excluding NO2 is 1. The van der Waals surface area contributed by atoms with Gasteiger partial charge >= 0.3 is 0 Å². The van der Waals surface area contributed by atoms with Crippen LogP contribution in [0.3, 0.4) is 0 Å². The van der Waals surface area contributed by atoms with Crippen molar-refractivity contribution in [1.29, 1.82) is 5.59 Å². The summed E-state index contributed by atoms with van der Waals surface area (Å²) in [6, 6.07) is 0. The van der Waals surface area contributed by atoms with Crippen molar-refractivity contribution in [2.45, 2.75) is 6.92 Å². The van der Waals surface area contributed by atoms with Crippen molar-refractivity contribution in [1.82, 2.24) is 0 Å². The Labute approximate surface area is 64.7 Å². The number of hydrogen-bond acceptors (Lipinski definition) is 2. The number of rotatable bonds is 0. The smallest absolute Gasteiger partial charge is 0 e.